The van der Waals surface area contributed by atoms with Gasteiger partial charge in [-0.2, -0.15) is 0 Å². The molecule has 1 aromatic heterocycles. The summed E-state index contributed by atoms with van der Waals surface area (Å²) in [6.45, 7) is 0. The number of oxazole rings is 1. The predicted molar refractivity (Wildman–Crippen MR) is 77.1 cm³/mol. The van der Waals surface area contributed by atoms with E-state index >= 15 is 0 Å². The maximum atomic E-state index is 8.61. The quantitative estimate of drug-likeness (QED) is 0.334. The second-order valence-corrected chi connectivity index (χ2v) is 5.08. The van der Waals surface area contributed by atoms with Crippen molar-refractivity contribution < 1.29 is 9.62 Å². The van der Waals surface area contributed by atoms with Gasteiger partial charge in [0.1, 0.15) is 5.52 Å². The molecule has 100 valence electrons. The molecular formula is C14H11N3O2S. The van der Waals surface area contributed by atoms with Gasteiger partial charge >= 0.3 is 0 Å². The Balaban J connectivity index is 1.83. The van der Waals surface area contributed by atoms with Gasteiger partial charge in [0, 0.05) is 10.5 Å². The number of hydrogen-bond donors (Lipinski definition) is 2. The van der Waals surface area contributed by atoms with E-state index in [9.17, 15) is 0 Å². The lowest BCUT2D eigenvalue weighted by Crippen LogP contribution is -2.12. The summed E-state index contributed by atoms with van der Waals surface area (Å²) >= 11 is 1.42. The first-order chi connectivity index (χ1) is 9.76. The first kappa shape index (κ1) is 12.6. The Morgan fingerprint density at radius 1 is 1.15 bits per heavy atom. The lowest BCUT2D eigenvalue weighted by Gasteiger charge is -2.00. The van der Waals surface area contributed by atoms with Crippen LogP contribution in [-0.2, 0) is 0 Å². The van der Waals surface area contributed by atoms with Crippen molar-refractivity contribution in [2.75, 3.05) is 0 Å². The molecule has 0 bridgehead atoms. The van der Waals surface area contributed by atoms with Crippen LogP contribution in [0.15, 0.2) is 68.2 Å². The number of fused-ring (bicyclic) bond motifs is 1. The molecule has 2 aromatic carbocycles. The van der Waals surface area contributed by atoms with Crippen molar-refractivity contribution in [3.63, 3.8) is 0 Å². The summed E-state index contributed by atoms with van der Waals surface area (Å²) in [6, 6.07) is 14.9. The van der Waals surface area contributed by atoms with Crippen molar-refractivity contribution in [3.05, 3.63) is 54.1 Å². The monoisotopic (exact) mass is 285 g/mol. The summed E-state index contributed by atoms with van der Waals surface area (Å²) in [4.78, 5) is 5.35. The third-order valence-corrected chi connectivity index (χ3v) is 3.59. The Bertz CT molecular complexity index is 732. The van der Waals surface area contributed by atoms with Crippen molar-refractivity contribution in [2.24, 2.45) is 10.9 Å². The molecule has 0 aliphatic rings. The van der Waals surface area contributed by atoms with Crippen molar-refractivity contribution in [3.8, 4) is 0 Å². The summed E-state index contributed by atoms with van der Waals surface area (Å²) in [6.07, 6.45) is 0. The van der Waals surface area contributed by atoms with Gasteiger partial charge in [-0.05, 0) is 36.0 Å². The SMILES string of the molecule is N/C(=N\O)c1ccc(Sc2nc3ccccc3o2)cc1. The number of amidine groups is 1. The van der Waals surface area contributed by atoms with Gasteiger partial charge in [-0.1, -0.05) is 29.4 Å². The highest BCUT2D eigenvalue weighted by Crippen LogP contribution is 2.29. The first-order valence-corrected chi connectivity index (χ1v) is 6.69. The van der Waals surface area contributed by atoms with Crippen LogP contribution in [0.25, 0.3) is 11.1 Å². The molecule has 3 rings (SSSR count). The van der Waals surface area contributed by atoms with Crippen LogP contribution in [0.2, 0.25) is 0 Å². The highest BCUT2D eigenvalue weighted by atomic mass is 32.2. The summed E-state index contributed by atoms with van der Waals surface area (Å²) < 4.78 is 5.63. The van der Waals surface area contributed by atoms with Crippen LogP contribution in [0.5, 0.6) is 0 Å². The molecular weight excluding hydrogens is 274 g/mol. The van der Waals surface area contributed by atoms with Gasteiger partial charge < -0.3 is 15.4 Å². The fraction of sp³-hybridized carbons (Fsp3) is 0. The topological polar surface area (TPSA) is 84.6 Å². The zero-order chi connectivity index (χ0) is 13.9. The molecule has 0 aliphatic carbocycles. The number of oxime groups is 1. The van der Waals surface area contributed by atoms with Gasteiger partial charge in [-0.15, -0.1) is 0 Å². The minimum atomic E-state index is 0.0865. The molecule has 0 saturated carbocycles. The molecule has 0 spiro atoms. The lowest BCUT2D eigenvalue weighted by atomic mass is 10.2. The summed E-state index contributed by atoms with van der Waals surface area (Å²) in [5, 5.41) is 12.1. The normalized spacial score (nSPS) is 11.9. The second kappa shape index (κ2) is 5.26. The summed E-state index contributed by atoms with van der Waals surface area (Å²) in [5.74, 6) is 0.0865. The Kier molecular flexibility index (Phi) is 3.30. The van der Waals surface area contributed by atoms with E-state index in [1.54, 1.807) is 12.1 Å². The average Bonchev–Trinajstić information content (AvgIpc) is 2.89. The largest absolute Gasteiger partial charge is 0.431 e. The number of nitrogens with zero attached hydrogens (tertiary/aromatic N) is 2. The van der Waals surface area contributed by atoms with Crippen LogP contribution in [0, 0.1) is 0 Å². The zero-order valence-corrected chi connectivity index (χ0v) is 11.2. The fourth-order valence-corrected chi connectivity index (χ4v) is 2.50. The molecule has 0 amide bonds. The molecule has 0 unspecified atom stereocenters. The second-order valence-electron chi connectivity index (χ2n) is 4.06. The highest BCUT2D eigenvalue weighted by Gasteiger charge is 2.07. The first-order valence-electron chi connectivity index (χ1n) is 5.87. The summed E-state index contributed by atoms with van der Waals surface area (Å²) in [5.41, 5.74) is 7.78. The van der Waals surface area contributed by atoms with E-state index in [1.165, 1.54) is 11.8 Å². The molecule has 3 N–H and O–H groups in total. The van der Waals surface area contributed by atoms with Crippen molar-refractivity contribution >= 4 is 28.7 Å². The Morgan fingerprint density at radius 2 is 1.90 bits per heavy atom. The summed E-state index contributed by atoms with van der Waals surface area (Å²) in [7, 11) is 0. The molecule has 0 radical (unpaired) electrons. The molecule has 0 aliphatic heterocycles. The number of benzene rings is 2. The molecule has 0 fully saturated rings. The number of para-hydroxylation sites is 2. The highest BCUT2D eigenvalue weighted by molar-refractivity contribution is 7.99. The van der Waals surface area contributed by atoms with Crippen molar-refractivity contribution in [1.82, 2.24) is 4.98 Å². The Labute approximate surface area is 119 Å². The standard InChI is InChI=1S/C14H11N3O2S/c15-13(17-18)9-5-7-10(8-6-9)20-14-16-11-3-1-2-4-12(11)19-14/h1-8,18H,(H2,15,17). The van der Waals surface area contributed by atoms with Gasteiger partial charge in [0.25, 0.3) is 5.22 Å². The maximum Gasteiger partial charge on any atom is 0.261 e. The number of hydrogen-bond acceptors (Lipinski definition) is 5. The Hall–Kier alpha value is -2.47. The van der Waals surface area contributed by atoms with Crippen LogP contribution >= 0.6 is 11.8 Å². The van der Waals surface area contributed by atoms with Gasteiger partial charge in [0.05, 0.1) is 0 Å². The lowest BCUT2D eigenvalue weighted by molar-refractivity contribution is 0.318. The van der Waals surface area contributed by atoms with E-state index < -0.39 is 0 Å². The Morgan fingerprint density at radius 3 is 2.60 bits per heavy atom. The number of aromatic nitrogens is 1. The van der Waals surface area contributed by atoms with E-state index in [1.807, 2.05) is 36.4 Å². The smallest absolute Gasteiger partial charge is 0.261 e. The van der Waals surface area contributed by atoms with Gasteiger partial charge in [-0.3, -0.25) is 0 Å². The fourth-order valence-electron chi connectivity index (χ4n) is 1.75. The zero-order valence-electron chi connectivity index (χ0n) is 10.4. The predicted octanol–water partition coefficient (Wildman–Crippen LogP) is 3.07. The number of rotatable bonds is 3. The third-order valence-electron chi connectivity index (χ3n) is 2.74. The molecule has 6 heteroatoms. The maximum absolute atomic E-state index is 8.61. The van der Waals surface area contributed by atoms with Gasteiger partial charge in [-0.25, -0.2) is 4.98 Å². The van der Waals surface area contributed by atoms with Crippen LogP contribution in [0.3, 0.4) is 0 Å². The molecule has 5 nitrogen and oxygen atoms in total. The van der Waals surface area contributed by atoms with E-state index in [-0.39, 0.29) is 5.84 Å². The van der Waals surface area contributed by atoms with E-state index in [2.05, 4.69) is 10.1 Å². The van der Waals surface area contributed by atoms with E-state index in [4.69, 9.17) is 15.4 Å². The van der Waals surface area contributed by atoms with Gasteiger partial charge in [0.2, 0.25) is 0 Å². The van der Waals surface area contributed by atoms with Crippen LogP contribution in [0.4, 0.5) is 0 Å². The van der Waals surface area contributed by atoms with Gasteiger partial charge in [0.15, 0.2) is 11.4 Å². The molecule has 1 heterocycles. The minimum Gasteiger partial charge on any atom is -0.431 e. The van der Waals surface area contributed by atoms with Crippen molar-refractivity contribution in [2.45, 2.75) is 10.1 Å². The molecule has 0 atom stereocenters. The van der Waals surface area contributed by atoms with Crippen LogP contribution in [0.1, 0.15) is 5.56 Å². The molecule has 0 saturated heterocycles. The van der Waals surface area contributed by atoms with Crippen LogP contribution in [-0.4, -0.2) is 16.0 Å². The number of nitrogens with two attached hydrogens (primary N) is 1. The minimum absolute atomic E-state index is 0.0865. The molecule has 3 aromatic rings. The van der Waals surface area contributed by atoms with E-state index in [0.717, 1.165) is 16.0 Å². The van der Waals surface area contributed by atoms with Crippen LogP contribution < -0.4 is 5.73 Å². The molecule has 20 heavy (non-hydrogen) atoms. The van der Waals surface area contributed by atoms with Crippen molar-refractivity contribution in [1.29, 1.82) is 0 Å². The van der Waals surface area contributed by atoms with E-state index in [0.29, 0.717) is 10.8 Å². The third kappa shape index (κ3) is 2.46. The average molecular weight is 285 g/mol.